The molecule has 332 valence electrons. The van der Waals surface area contributed by atoms with E-state index in [2.05, 4.69) is 230 Å². The maximum Gasteiger partial charge on any atom is 0.135 e. The minimum Gasteiger partial charge on any atom is -0.509 e. The fourth-order valence-electron chi connectivity index (χ4n) is 12.4. The first kappa shape index (κ1) is 41.0. The van der Waals surface area contributed by atoms with Crippen molar-refractivity contribution in [1.29, 1.82) is 0 Å². The number of rotatable bonds is 5. The fraction of sp³-hybridized carbons (Fsp3) is 0.129. The normalized spacial score (nSPS) is 19.4. The minimum absolute atomic E-state index is 0. The number of hydrogen-bond donors (Lipinski definition) is 0. The van der Waals surface area contributed by atoms with Gasteiger partial charge in [-0.15, -0.1) is 41.4 Å². The van der Waals surface area contributed by atoms with Crippen LogP contribution in [-0.2, 0) is 32.0 Å². The van der Waals surface area contributed by atoms with Crippen molar-refractivity contribution in [2.24, 2.45) is 0 Å². The Kier molecular flexibility index (Phi) is 9.14. The van der Waals surface area contributed by atoms with Gasteiger partial charge in [0.05, 0.1) is 5.54 Å². The number of para-hydroxylation sites is 3. The average molecular weight is 1060 g/mol. The number of aromatic nitrogens is 2. The number of nitrogens with zero attached hydrogens (tertiary/aromatic N) is 4. The van der Waals surface area contributed by atoms with E-state index >= 15 is 0 Å². The van der Waals surface area contributed by atoms with Gasteiger partial charge in [0, 0.05) is 73.4 Å². The molecule has 6 heteroatoms. The van der Waals surface area contributed by atoms with E-state index in [0.29, 0.717) is 11.5 Å². The molecular formula is C62H45N4OPt-3. The molecule has 0 spiro atoms. The van der Waals surface area contributed by atoms with Crippen molar-refractivity contribution in [3.8, 4) is 17.3 Å². The van der Waals surface area contributed by atoms with Crippen LogP contribution >= 0.6 is 0 Å². The molecule has 3 heterocycles. The summed E-state index contributed by atoms with van der Waals surface area (Å²) in [4.78, 5) is 9.79. The maximum absolute atomic E-state index is 6.77. The Morgan fingerprint density at radius 3 is 1.85 bits per heavy atom. The van der Waals surface area contributed by atoms with Gasteiger partial charge in [0.25, 0.3) is 0 Å². The van der Waals surface area contributed by atoms with Crippen LogP contribution < -0.4 is 14.5 Å². The Labute approximate surface area is 411 Å². The van der Waals surface area contributed by atoms with E-state index in [1.807, 2.05) is 18.3 Å². The van der Waals surface area contributed by atoms with Gasteiger partial charge in [-0.25, -0.2) is 4.98 Å². The molecule has 8 aromatic carbocycles. The van der Waals surface area contributed by atoms with E-state index in [0.717, 1.165) is 44.7 Å². The third-order valence-corrected chi connectivity index (χ3v) is 15.1. The third-order valence-electron chi connectivity index (χ3n) is 15.1. The van der Waals surface area contributed by atoms with Crippen LogP contribution in [-0.4, -0.2) is 9.55 Å². The Morgan fingerprint density at radius 2 is 1.15 bits per heavy atom. The zero-order chi connectivity index (χ0) is 44.6. The molecule has 17 rings (SSSR count). The molecule has 6 aliphatic carbocycles. The number of fused-ring (bicyclic) bond motifs is 4. The second kappa shape index (κ2) is 15.2. The second-order valence-corrected chi connectivity index (χ2v) is 19.5. The van der Waals surface area contributed by atoms with E-state index in [9.17, 15) is 0 Å². The number of pyridine rings is 1. The van der Waals surface area contributed by atoms with E-state index in [-0.39, 0.29) is 44.2 Å². The molecule has 0 N–H and O–H groups in total. The molecule has 10 aromatic rings. The largest absolute Gasteiger partial charge is 0.509 e. The molecule has 68 heavy (non-hydrogen) atoms. The molecule has 0 amide bonds. The molecule has 4 bridgehead atoms. The molecule has 0 saturated carbocycles. The first-order chi connectivity index (χ1) is 32.9. The summed E-state index contributed by atoms with van der Waals surface area (Å²) in [7, 11) is 0. The van der Waals surface area contributed by atoms with Gasteiger partial charge in [0.1, 0.15) is 5.82 Å². The Morgan fingerprint density at radius 1 is 0.559 bits per heavy atom. The van der Waals surface area contributed by atoms with Crippen LogP contribution in [0.4, 0.5) is 17.1 Å². The summed E-state index contributed by atoms with van der Waals surface area (Å²) >= 11 is 0. The predicted octanol–water partition coefficient (Wildman–Crippen LogP) is 14.6. The van der Waals surface area contributed by atoms with Gasteiger partial charge >= 0.3 is 0 Å². The van der Waals surface area contributed by atoms with Gasteiger partial charge < -0.3 is 19.1 Å². The van der Waals surface area contributed by atoms with E-state index in [1.54, 1.807) is 0 Å². The average Bonchev–Trinajstić information content (AvgIpc) is 3.91. The van der Waals surface area contributed by atoms with Crippen LogP contribution in [0.3, 0.4) is 0 Å². The second-order valence-electron chi connectivity index (χ2n) is 19.5. The van der Waals surface area contributed by atoms with Crippen LogP contribution in [0.25, 0.3) is 27.6 Å². The van der Waals surface area contributed by atoms with Crippen LogP contribution in [0, 0.1) is 18.8 Å². The third kappa shape index (κ3) is 5.69. The fourth-order valence-corrected chi connectivity index (χ4v) is 12.4. The molecule has 1 aliphatic heterocycles. The maximum atomic E-state index is 6.77. The first-order valence-electron chi connectivity index (χ1n) is 23.4. The van der Waals surface area contributed by atoms with Crippen molar-refractivity contribution in [1.82, 2.24) is 9.55 Å². The van der Waals surface area contributed by atoms with Crippen LogP contribution in [0.2, 0.25) is 0 Å². The van der Waals surface area contributed by atoms with Crippen LogP contribution in [0.1, 0.15) is 88.6 Å². The SMILES string of the molecule is CC(C)(C)c1ccnc(-n2c3[c-]c(Oc4[c-]c(N5[CH-]N(C67c8ccccc8C(c8ccccc86)C6c8ccccc8C7c7ccccc76)c6ccccc65)ccc4)ccc3c3ccccc32)c1.[Pt]. The number of ether oxygens (including phenoxy) is 1. The molecule has 5 nitrogen and oxygen atoms in total. The summed E-state index contributed by atoms with van der Waals surface area (Å²) in [6.07, 6.45) is 1.91. The predicted molar refractivity (Wildman–Crippen MR) is 269 cm³/mol. The Hall–Kier alpha value is -7.20. The monoisotopic (exact) mass is 1060 g/mol. The summed E-state index contributed by atoms with van der Waals surface area (Å²) in [5.74, 6) is 2.41. The smallest absolute Gasteiger partial charge is 0.135 e. The molecule has 0 unspecified atom stereocenters. The minimum atomic E-state index is -0.648. The molecular weight excluding hydrogens is 1010 g/mol. The zero-order valence-electron chi connectivity index (χ0n) is 37.8. The van der Waals surface area contributed by atoms with Gasteiger partial charge in [-0.3, -0.25) is 0 Å². The quantitative estimate of drug-likeness (QED) is 0.161. The Bertz CT molecular complexity index is 3560. The molecule has 0 saturated heterocycles. The summed E-state index contributed by atoms with van der Waals surface area (Å²) in [5.41, 5.74) is 16.8. The van der Waals surface area contributed by atoms with Crippen molar-refractivity contribution in [3.63, 3.8) is 0 Å². The molecule has 7 aliphatic rings. The van der Waals surface area contributed by atoms with Crippen molar-refractivity contribution in [2.45, 2.75) is 49.5 Å². The summed E-state index contributed by atoms with van der Waals surface area (Å²) in [6.45, 7) is 9.04. The van der Waals surface area contributed by atoms with E-state index in [1.165, 1.54) is 50.1 Å². The van der Waals surface area contributed by atoms with Crippen molar-refractivity contribution >= 4 is 38.9 Å². The number of benzene rings is 8. The molecule has 0 radical (unpaired) electrons. The van der Waals surface area contributed by atoms with E-state index in [4.69, 9.17) is 9.72 Å². The molecule has 2 aromatic heterocycles. The summed E-state index contributed by atoms with van der Waals surface area (Å²) in [6, 6.07) is 76.5. The van der Waals surface area contributed by atoms with Crippen LogP contribution in [0.15, 0.2) is 194 Å². The zero-order valence-corrected chi connectivity index (χ0v) is 40.1. The summed E-state index contributed by atoms with van der Waals surface area (Å²) in [5, 5.41) is 2.24. The number of hydrogen-bond acceptors (Lipinski definition) is 4. The number of anilines is 3. The van der Waals surface area contributed by atoms with Gasteiger partial charge in [-0.1, -0.05) is 154 Å². The molecule has 0 atom stereocenters. The molecule has 0 fully saturated rings. The standard InChI is InChI=1S/C62H45N4O.Pt/c1-61(2,3)39-33-34-63-57(35-39)66-53-28-13-10-19-43(53)44-32-31-42(37-56(44)66)67-41-18-16-17-40(36-41)64-38-65(55-30-15-14-29-54(55)64)62-51-26-11-8-24-49(51)59(50-25-9-12-27-52(50)62)58-45-20-4-6-22-47(45)60(62)48-23-7-5-21-46(48)58;/h4-35,38,58-60H,1-3H3;/q-3;. The first-order valence-corrected chi connectivity index (χ1v) is 23.4. The Balaban J connectivity index is 0.00000457. The van der Waals surface area contributed by atoms with Crippen LogP contribution in [0.5, 0.6) is 11.5 Å². The summed E-state index contributed by atoms with van der Waals surface area (Å²) < 4.78 is 8.98. The van der Waals surface area contributed by atoms with E-state index < -0.39 is 5.54 Å². The van der Waals surface area contributed by atoms with Gasteiger partial charge in [-0.2, -0.15) is 18.8 Å². The topological polar surface area (TPSA) is 33.5 Å². The van der Waals surface area contributed by atoms with Gasteiger partial charge in [0.15, 0.2) is 0 Å². The van der Waals surface area contributed by atoms with Crippen molar-refractivity contribution < 1.29 is 25.8 Å². The van der Waals surface area contributed by atoms with Gasteiger partial charge in [-0.05, 0) is 91.2 Å². The van der Waals surface area contributed by atoms with Crippen molar-refractivity contribution in [2.75, 3.05) is 9.80 Å². The van der Waals surface area contributed by atoms with Crippen molar-refractivity contribution in [3.05, 3.63) is 263 Å². The van der Waals surface area contributed by atoms with Gasteiger partial charge in [0.2, 0.25) is 0 Å².